The van der Waals surface area contributed by atoms with Crippen LogP contribution in [0.2, 0.25) is 0 Å². The molecule has 1 fully saturated rings. The van der Waals surface area contributed by atoms with Crippen molar-refractivity contribution in [1.82, 2.24) is 10.2 Å². The SMILES string of the molecule is CCC(NC1CC(C)N(C)CC1C)c1ccc(Br)cc1. The molecule has 1 aliphatic rings. The Bertz CT molecular complexity index is 418. The van der Waals surface area contributed by atoms with Crippen molar-refractivity contribution < 1.29 is 0 Å². The van der Waals surface area contributed by atoms with E-state index in [0.29, 0.717) is 24.0 Å². The molecular formula is C17H27BrN2. The predicted octanol–water partition coefficient (Wildman–Crippen LogP) is 4.22. The molecule has 0 saturated carbocycles. The minimum atomic E-state index is 0.464. The zero-order chi connectivity index (χ0) is 14.7. The topological polar surface area (TPSA) is 15.3 Å². The van der Waals surface area contributed by atoms with E-state index in [4.69, 9.17) is 0 Å². The van der Waals surface area contributed by atoms with Crippen LogP contribution in [-0.2, 0) is 0 Å². The number of likely N-dealkylation sites (tertiary alicyclic amines) is 1. The van der Waals surface area contributed by atoms with Gasteiger partial charge in [-0.15, -0.1) is 0 Å². The molecule has 4 atom stereocenters. The summed E-state index contributed by atoms with van der Waals surface area (Å²) >= 11 is 3.51. The van der Waals surface area contributed by atoms with Gasteiger partial charge in [0.05, 0.1) is 0 Å². The van der Waals surface area contributed by atoms with Crippen molar-refractivity contribution in [3.63, 3.8) is 0 Å². The highest BCUT2D eigenvalue weighted by molar-refractivity contribution is 9.10. The summed E-state index contributed by atoms with van der Waals surface area (Å²) in [6, 6.07) is 10.5. The van der Waals surface area contributed by atoms with Crippen molar-refractivity contribution in [3.8, 4) is 0 Å². The molecule has 0 amide bonds. The van der Waals surface area contributed by atoms with Gasteiger partial charge in [-0.2, -0.15) is 0 Å². The van der Waals surface area contributed by atoms with E-state index in [1.165, 1.54) is 18.5 Å². The fourth-order valence-corrected chi connectivity index (χ4v) is 3.44. The van der Waals surface area contributed by atoms with E-state index >= 15 is 0 Å². The summed E-state index contributed by atoms with van der Waals surface area (Å²) < 4.78 is 1.15. The average Bonchev–Trinajstić information content (AvgIpc) is 2.42. The summed E-state index contributed by atoms with van der Waals surface area (Å²) in [7, 11) is 2.24. The van der Waals surface area contributed by atoms with Crippen LogP contribution in [0.5, 0.6) is 0 Å². The number of benzene rings is 1. The Morgan fingerprint density at radius 3 is 2.55 bits per heavy atom. The second-order valence-electron chi connectivity index (χ2n) is 6.29. The van der Waals surface area contributed by atoms with Gasteiger partial charge in [-0.05, 0) is 50.4 Å². The van der Waals surface area contributed by atoms with Gasteiger partial charge in [0.25, 0.3) is 0 Å². The molecule has 1 N–H and O–H groups in total. The van der Waals surface area contributed by atoms with E-state index in [-0.39, 0.29) is 0 Å². The molecule has 1 aliphatic heterocycles. The quantitative estimate of drug-likeness (QED) is 0.884. The first-order valence-electron chi connectivity index (χ1n) is 7.73. The minimum absolute atomic E-state index is 0.464. The third-order valence-electron chi connectivity index (χ3n) is 4.71. The van der Waals surface area contributed by atoms with Crippen LogP contribution < -0.4 is 5.32 Å². The molecule has 0 spiro atoms. The van der Waals surface area contributed by atoms with Crippen molar-refractivity contribution in [3.05, 3.63) is 34.3 Å². The summed E-state index contributed by atoms with van der Waals surface area (Å²) in [5.41, 5.74) is 1.40. The van der Waals surface area contributed by atoms with Gasteiger partial charge in [-0.25, -0.2) is 0 Å². The van der Waals surface area contributed by atoms with Crippen molar-refractivity contribution in [2.75, 3.05) is 13.6 Å². The second kappa shape index (κ2) is 7.06. The molecule has 0 bridgehead atoms. The number of halogens is 1. The number of nitrogens with one attached hydrogen (secondary N) is 1. The van der Waals surface area contributed by atoms with E-state index in [1.807, 2.05) is 0 Å². The van der Waals surface area contributed by atoms with Crippen molar-refractivity contribution >= 4 is 15.9 Å². The molecule has 1 aromatic carbocycles. The summed E-state index contributed by atoms with van der Waals surface area (Å²) in [5.74, 6) is 0.709. The van der Waals surface area contributed by atoms with Crippen LogP contribution in [0, 0.1) is 5.92 Å². The molecule has 20 heavy (non-hydrogen) atoms. The molecule has 2 nitrogen and oxygen atoms in total. The van der Waals surface area contributed by atoms with Gasteiger partial charge in [0.2, 0.25) is 0 Å². The van der Waals surface area contributed by atoms with Gasteiger partial charge >= 0.3 is 0 Å². The van der Waals surface area contributed by atoms with Crippen LogP contribution in [0.15, 0.2) is 28.7 Å². The molecule has 3 heteroatoms. The molecule has 0 radical (unpaired) electrons. The van der Waals surface area contributed by atoms with Gasteiger partial charge in [0, 0.05) is 29.1 Å². The molecule has 2 rings (SSSR count). The lowest BCUT2D eigenvalue weighted by molar-refractivity contribution is 0.115. The monoisotopic (exact) mass is 338 g/mol. The third kappa shape index (κ3) is 3.84. The van der Waals surface area contributed by atoms with Crippen molar-refractivity contribution in [2.45, 2.75) is 51.7 Å². The molecule has 1 saturated heterocycles. The number of hydrogen-bond acceptors (Lipinski definition) is 2. The normalized spacial score (nSPS) is 29.4. The van der Waals surface area contributed by atoms with Gasteiger partial charge in [0.1, 0.15) is 0 Å². The summed E-state index contributed by atoms with van der Waals surface area (Å²) in [6.45, 7) is 8.16. The van der Waals surface area contributed by atoms with E-state index < -0.39 is 0 Å². The highest BCUT2D eigenvalue weighted by atomic mass is 79.9. The van der Waals surface area contributed by atoms with E-state index in [1.54, 1.807) is 0 Å². The molecule has 0 aromatic heterocycles. The Balaban J connectivity index is 2.04. The maximum atomic E-state index is 3.90. The zero-order valence-corrected chi connectivity index (χ0v) is 14.7. The number of hydrogen-bond donors (Lipinski definition) is 1. The Hall–Kier alpha value is -0.380. The Morgan fingerprint density at radius 2 is 1.95 bits per heavy atom. The van der Waals surface area contributed by atoms with Gasteiger partial charge < -0.3 is 10.2 Å². The third-order valence-corrected chi connectivity index (χ3v) is 5.23. The summed E-state index contributed by atoms with van der Waals surface area (Å²) in [4.78, 5) is 2.48. The predicted molar refractivity (Wildman–Crippen MR) is 90.0 cm³/mol. The largest absolute Gasteiger partial charge is 0.307 e. The standard InChI is InChI=1S/C17H27BrN2/c1-5-16(14-6-8-15(18)9-7-14)19-17-10-13(3)20(4)11-12(17)2/h6-9,12-13,16-17,19H,5,10-11H2,1-4H3. The molecule has 4 unspecified atom stereocenters. The van der Waals surface area contributed by atoms with Crippen LogP contribution >= 0.6 is 15.9 Å². The molecular weight excluding hydrogens is 312 g/mol. The van der Waals surface area contributed by atoms with Gasteiger partial charge in [0.15, 0.2) is 0 Å². The fraction of sp³-hybridized carbons (Fsp3) is 0.647. The first kappa shape index (κ1) is 16.0. The van der Waals surface area contributed by atoms with E-state index in [0.717, 1.165) is 10.9 Å². The first-order chi connectivity index (χ1) is 9.51. The number of rotatable bonds is 4. The maximum Gasteiger partial charge on any atom is 0.0320 e. The van der Waals surface area contributed by atoms with Crippen molar-refractivity contribution in [1.29, 1.82) is 0 Å². The first-order valence-corrected chi connectivity index (χ1v) is 8.52. The van der Waals surface area contributed by atoms with Crippen LogP contribution in [0.4, 0.5) is 0 Å². The zero-order valence-electron chi connectivity index (χ0n) is 13.1. The Kier molecular flexibility index (Phi) is 5.65. The second-order valence-corrected chi connectivity index (χ2v) is 7.20. The Morgan fingerprint density at radius 1 is 1.30 bits per heavy atom. The van der Waals surface area contributed by atoms with Crippen molar-refractivity contribution in [2.24, 2.45) is 5.92 Å². The summed E-state index contributed by atoms with van der Waals surface area (Å²) in [6.07, 6.45) is 2.37. The lowest BCUT2D eigenvalue weighted by Crippen LogP contribution is -2.51. The minimum Gasteiger partial charge on any atom is -0.307 e. The molecule has 112 valence electrons. The van der Waals surface area contributed by atoms with Crippen LogP contribution in [0.3, 0.4) is 0 Å². The van der Waals surface area contributed by atoms with Gasteiger partial charge in [-0.1, -0.05) is 41.9 Å². The average molecular weight is 339 g/mol. The highest BCUT2D eigenvalue weighted by Crippen LogP contribution is 2.26. The fourth-order valence-electron chi connectivity index (χ4n) is 3.18. The maximum absolute atomic E-state index is 3.90. The lowest BCUT2D eigenvalue weighted by atomic mass is 9.88. The summed E-state index contributed by atoms with van der Waals surface area (Å²) in [5, 5.41) is 3.90. The number of nitrogens with zero attached hydrogens (tertiary/aromatic N) is 1. The lowest BCUT2D eigenvalue weighted by Gasteiger charge is -2.41. The molecule has 0 aliphatic carbocycles. The van der Waals surface area contributed by atoms with E-state index in [2.05, 4.69) is 78.2 Å². The molecule has 1 heterocycles. The van der Waals surface area contributed by atoms with E-state index in [9.17, 15) is 0 Å². The smallest absolute Gasteiger partial charge is 0.0320 e. The van der Waals surface area contributed by atoms with Crippen LogP contribution in [0.25, 0.3) is 0 Å². The van der Waals surface area contributed by atoms with Crippen LogP contribution in [-0.4, -0.2) is 30.6 Å². The van der Waals surface area contributed by atoms with Gasteiger partial charge in [-0.3, -0.25) is 0 Å². The molecule has 1 aromatic rings. The highest BCUT2D eigenvalue weighted by Gasteiger charge is 2.30. The van der Waals surface area contributed by atoms with Crippen LogP contribution in [0.1, 0.15) is 45.2 Å². The number of piperidine rings is 1. The Labute approximate surface area is 132 Å².